The van der Waals surface area contributed by atoms with Gasteiger partial charge in [0.25, 0.3) is 5.56 Å². The number of aromatic nitrogens is 2. The molecule has 1 aliphatic rings. The number of likely N-dealkylation sites (N-methyl/N-ethyl adjacent to an activating group) is 1. The van der Waals surface area contributed by atoms with Crippen LogP contribution >= 0.6 is 0 Å². The molecule has 3 aromatic rings. The summed E-state index contributed by atoms with van der Waals surface area (Å²) in [6.07, 6.45) is 0. The van der Waals surface area contributed by atoms with E-state index in [1.807, 2.05) is 55.5 Å². The number of benzene rings is 2. The summed E-state index contributed by atoms with van der Waals surface area (Å²) >= 11 is 0. The van der Waals surface area contributed by atoms with Crippen LogP contribution in [0, 0.1) is 0 Å². The molecule has 6 heteroatoms. The Hall–Kier alpha value is -2.70. The number of rotatable bonds is 5. The lowest BCUT2D eigenvalue weighted by atomic mass is 10.1. The molecule has 1 aliphatic heterocycles. The Labute approximate surface area is 171 Å². The molecule has 2 aromatic carbocycles. The van der Waals surface area contributed by atoms with Crippen molar-refractivity contribution in [2.24, 2.45) is 0 Å². The number of piperazine rings is 1. The highest BCUT2D eigenvalue weighted by atomic mass is 16.5. The van der Waals surface area contributed by atoms with Gasteiger partial charge >= 0.3 is 0 Å². The maximum absolute atomic E-state index is 13.6. The van der Waals surface area contributed by atoms with Gasteiger partial charge in [-0.25, -0.2) is 4.98 Å². The highest BCUT2D eigenvalue weighted by Gasteiger charge is 2.26. The average molecular weight is 393 g/mol. The molecule has 1 saturated heterocycles. The number of hydrogen-bond acceptors (Lipinski definition) is 5. The summed E-state index contributed by atoms with van der Waals surface area (Å²) in [5, 5.41) is 0.619. The van der Waals surface area contributed by atoms with E-state index in [0.29, 0.717) is 17.7 Å². The van der Waals surface area contributed by atoms with Crippen molar-refractivity contribution in [1.82, 2.24) is 19.4 Å². The molecule has 6 nitrogen and oxygen atoms in total. The van der Waals surface area contributed by atoms with E-state index in [9.17, 15) is 4.79 Å². The van der Waals surface area contributed by atoms with Gasteiger partial charge in [0.2, 0.25) is 0 Å². The molecule has 0 spiro atoms. The van der Waals surface area contributed by atoms with Crippen molar-refractivity contribution >= 4 is 10.9 Å². The second-order valence-electron chi connectivity index (χ2n) is 7.54. The van der Waals surface area contributed by atoms with Gasteiger partial charge < -0.3 is 9.64 Å². The van der Waals surface area contributed by atoms with Crippen molar-refractivity contribution in [2.45, 2.75) is 19.9 Å². The van der Waals surface area contributed by atoms with Gasteiger partial charge in [-0.15, -0.1) is 0 Å². The molecule has 2 heterocycles. The first-order chi connectivity index (χ1) is 14.1. The quantitative estimate of drug-likeness (QED) is 0.668. The number of para-hydroxylation sites is 3. The first-order valence-corrected chi connectivity index (χ1v) is 10.3. The lowest BCUT2D eigenvalue weighted by Gasteiger charge is -2.36. The zero-order chi connectivity index (χ0) is 20.4. The standard InChI is InChI=1S/C23H28N4O2/c1-4-29-21-12-8-7-11-20(21)27-22(17(2)26-15-13-25(3)14-16-26)24-19-10-6-5-9-18(19)23(27)28/h5-12,17H,4,13-16H2,1-3H3. The Bertz CT molecular complexity index is 1050. The highest BCUT2D eigenvalue weighted by molar-refractivity contribution is 5.78. The summed E-state index contributed by atoms with van der Waals surface area (Å²) in [5.74, 6) is 1.45. The summed E-state index contributed by atoms with van der Waals surface area (Å²) in [4.78, 5) is 23.3. The fraction of sp³-hybridized carbons (Fsp3) is 0.391. The smallest absolute Gasteiger partial charge is 0.266 e. The zero-order valence-electron chi connectivity index (χ0n) is 17.3. The SMILES string of the molecule is CCOc1ccccc1-n1c(C(C)N2CCN(C)CC2)nc2ccccc2c1=O. The molecule has 29 heavy (non-hydrogen) atoms. The van der Waals surface area contributed by atoms with Crippen molar-refractivity contribution in [1.29, 1.82) is 0 Å². The molecular formula is C23H28N4O2. The Morgan fingerprint density at radius 2 is 1.72 bits per heavy atom. The van der Waals surface area contributed by atoms with E-state index in [-0.39, 0.29) is 11.6 Å². The molecular weight excluding hydrogens is 364 g/mol. The molecule has 4 rings (SSSR count). The summed E-state index contributed by atoms with van der Waals surface area (Å²) in [7, 11) is 2.14. The van der Waals surface area contributed by atoms with Gasteiger partial charge in [0, 0.05) is 26.2 Å². The third-order valence-electron chi connectivity index (χ3n) is 5.67. The van der Waals surface area contributed by atoms with E-state index >= 15 is 0 Å². The normalized spacial score (nSPS) is 16.8. The molecule has 0 radical (unpaired) electrons. The number of ether oxygens (including phenoxy) is 1. The average Bonchev–Trinajstić information content (AvgIpc) is 2.75. The Kier molecular flexibility index (Phi) is 5.65. The minimum Gasteiger partial charge on any atom is -0.492 e. The van der Waals surface area contributed by atoms with Gasteiger partial charge in [-0.1, -0.05) is 24.3 Å². The van der Waals surface area contributed by atoms with Gasteiger partial charge in [-0.3, -0.25) is 14.3 Å². The Morgan fingerprint density at radius 1 is 1.03 bits per heavy atom. The van der Waals surface area contributed by atoms with Crippen LogP contribution < -0.4 is 10.3 Å². The largest absolute Gasteiger partial charge is 0.492 e. The molecule has 0 bridgehead atoms. The van der Waals surface area contributed by atoms with Crippen LogP contribution in [-0.4, -0.2) is 59.2 Å². The maximum Gasteiger partial charge on any atom is 0.266 e. The van der Waals surface area contributed by atoms with Crippen molar-refractivity contribution in [3.05, 3.63) is 64.7 Å². The van der Waals surface area contributed by atoms with E-state index < -0.39 is 0 Å². The van der Waals surface area contributed by atoms with Crippen LogP contribution in [0.1, 0.15) is 25.7 Å². The molecule has 0 amide bonds. The van der Waals surface area contributed by atoms with Crippen molar-refractivity contribution in [3.63, 3.8) is 0 Å². The number of fused-ring (bicyclic) bond motifs is 1. The topological polar surface area (TPSA) is 50.6 Å². The van der Waals surface area contributed by atoms with Crippen LogP contribution in [0.5, 0.6) is 5.75 Å². The van der Waals surface area contributed by atoms with Crippen LogP contribution in [0.25, 0.3) is 16.6 Å². The van der Waals surface area contributed by atoms with Gasteiger partial charge in [0.15, 0.2) is 0 Å². The monoisotopic (exact) mass is 392 g/mol. The lowest BCUT2D eigenvalue weighted by Crippen LogP contribution is -2.46. The van der Waals surface area contributed by atoms with E-state index in [1.54, 1.807) is 4.57 Å². The van der Waals surface area contributed by atoms with Crippen LogP contribution in [-0.2, 0) is 0 Å². The Morgan fingerprint density at radius 3 is 2.48 bits per heavy atom. The van der Waals surface area contributed by atoms with E-state index in [4.69, 9.17) is 9.72 Å². The van der Waals surface area contributed by atoms with Crippen LogP contribution in [0.4, 0.5) is 0 Å². The van der Waals surface area contributed by atoms with Crippen LogP contribution in [0.3, 0.4) is 0 Å². The minimum absolute atomic E-state index is 0.00990. The zero-order valence-corrected chi connectivity index (χ0v) is 17.3. The predicted molar refractivity (Wildman–Crippen MR) is 116 cm³/mol. The number of nitrogens with zero attached hydrogens (tertiary/aromatic N) is 4. The summed E-state index contributed by atoms with van der Waals surface area (Å²) in [6, 6.07) is 15.3. The highest BCUT2D eigenvalue weighted by Crippen LogP contribution is 2.28. The molecule has 1 fully saturated rings. The third-order valence-corrected chi connectivity index (χ3v) is 5.67. The first kappa shape index (κ1) is 19.6. The summed E-state index contributed by atoms with van der Waals surface area (Å²) in [6.45, 7) is 8.56. The molecule has 0 N–H and O–H groups in total. The van der Waals surface area contributed by atoms with Crippen molar-refractivity contribution in [2.75, 3.05) is 39.8 Å². The van der Waals surface area contributed by atoms with Crippen molar-refractivity contribution in [3.8, 4) is 11.4 Å². The molecule has 0 aliphatic carbocycles. The second kappa shape index (κ2) is 8.35. The second-order valence-corrected chi connectivity index (χ2v) is 7.54. The number of hydrogen-bond donors (Lipinski definition) is 0. The van der Waals surface area contributed by atoms with E-state index in [0.717, 1.165) is 43.2 Å². The molecule has 1 atom stereocenters. The Balaban J connectivity index is 1.91. The fourth-order valence-corrected chi connectivity index (χ4v) is 3.95. The lowest BCUT2D eigenvalue weighted by molar-refractivity contribution is 0.114. The van der Waals surface area contributed by atoms with E-state index in [1.165, 1.54) is 0 Å². The van der Waals surface area contributed by atoms with E-state index in [2.05, 4.69) is 23.8 Å². The molecule has 0 saturated carbocycles. The molecule has 1 unspecified atom stereocenters. The molecule has 1 aromatic heterocycles. The third kappa shape index (κ3) is 3.78. The van der Waals surface area contributed by atoms with Gasteiger partial charge in [0.1, 0.15) is 11.6 Å². The summed E-state index contributed by atoms with van der Waals surface area (Å²) < 4.78 is 7.59. The maximum atomic E-state index is 13.6. The van der Waals surface area contributed by atoms with Gasteiger partial charge in [-0.2, -0.15) is 0 Å². The first-order valence-electron chi connectivity index (χ1n) is 10.3. The fourth-order valence-electron chi connectivity index (χ4n) is 3.95. The van der Waals surface area contributed by atoms with Crippen LogP contribution in [0.2, 0.25) is 0 Å². The van der Waals surface area contributed by atoms with Gasteiger partial charge in [0.05, 0.1) is 29.2 Å². The van der Waals surface area contributed by atoms with Crippen molar-refractivity contribution < 1.29 is 4.74 Å². The minimum atomic E-state index is -0.0567. The van der Waals surface area contributed by atoms with Crippen LogP contribution in [0.15, 0.2) is 53.3 Å². The predicted octanol–water partition coefficient (Wildman–Crippen LogP) is 3.09. The van der Waals surface area contributed by atoms with Gasteiger partial charge in [-0.05, 0) is 45.2 Å². The molecule has 152 valence electrons. The summed E-state index contributed by atoms with van der Waals surface area (Å²) in [5.41, 5.74) is 1.42.